The van der Waals surface area contributed by atoms with Gasteiger partial charge < -0.3 is 15.2 Å². The number of hydrogen-bond donors (Lipinski definition) is 2. The van der Waals surface area contributed by atoms with Crippen LogP contribution < -0.4 is 5.32 Å². The average molecular weight is 398 g/mol. The number of nitrogens with one attached hydrogen (secondary N) is 2. The number of aromatic amines is 1. The van der Waals surface area contributed by atoms with E-state index in [1.54, 1.807) is 6.20 Å². The molecule has 0 bridgehead atoms. The molecule has 2 N–H and O–H groups in total. The molecule has 1 fully saturated rings. The second kappa shape index (κ2) is 8.50. The van der Waals surface area contributed by atoms with Gasteiger partial charge in [-0.05, 0) is 44.8 Å². The van der Waals surface area contributed by atoms with E-state index in [2.05, 4.69) is 46.2 Å². The number of para-hydroxylation sites is 1. The van der Waals surface area contributed by atoms with Crippen LogP contribution in [0.4, 0.5) is 5.95 Å². The second-order valence-electron chi connectivity index (χ2n) is 7.52. The van der Waals surface area contributed by atoms with Crippen LogP contribution in [0.5, 0.6) is 0 Å². The smallest absolute Gasteiger partial charge is 0.223 e. The van der Waals surface area contributed by atoms with Gasteiger partial charge in [0.25, 0.3) is 0 Å². The molecule has 1 aromatic carbocycles. The Morgan fingerprint density at radius 1 is 1.21 bits per heavy atom. The first-order valence-corrected chi connectivity index (χ1v) is 10.7. The van der Waals surface area contributed by atoms with Crippen molar-refractivity contribution in [1.82, 2.24) is 19.9 Å². The van der Waals surface area contributed by atoms with Gasteiger partial charge in [0, 0.05) is 34.7 Å². The Labute approximate surface area is 171 Å². The molecule has 6 heteroatoms. The van der Waals surface area contributed by atoms with Crippen LogP contribution in [0, 0.1) is 0 Å². The molecule has 1 aliphatic rings. The van der Waals surface area contributed by atoms with Gasteiger partial charge in [-0.3, -0.25) is 0 Å². The lowest BCUT2D eigenvalue weighted by molar-refractivity contribution is 0.165. The number of hydrogen-bond acceptors (Lipinski definition) is 4. The third-order valence-electron chi connectivity index (χ3n) is 5.90. The zero-order valence-electron chi connectivity index (χ0n) is 16.6. The van der Waals surface area contributed by atoms with Gasteiger partial charge in [0.05, 0.1) is 16.9 Å². The normalized spacial score (nSPS) is 20.0. The summed E-state index contributed by atoms with van der Waals surface area (Å²) in [5, 5.41) is 5.26. The molecule has 3 aromatic rings. The van der Waals surface area contributed by atoms with Crippen LogP contribution in [0.2, 0.25) is 5.02 Å². The predicted octanol–water partition coefficient (Wildman–Crippen LogP) is 5.34. The number of nitrogens with zero attached hydrogens (tertiary/aromatic N) is 3. The summed E-state index contributed by atoms with van der Waals surface area (Å²) in [6.07, 6.45) is 8.49. The maximum Gasteiger partial charge on any atom is 0.223 e. The van der Waals surface area contributed by atoms with Crippen molar-refractivity contribution in [1.29, 1.82) is 0 Å². The van der Waals surface area contributed by atoms with E-state index in [1.165, 1.54) is 12.8 Å². The van der Waals surface area contributed by atoms with E-state index in [0.29, 0.717) is 23.1 Å². The van der Waals surface area contributed by atoms with Crippen molar-refractivity contribution in [2.24, 2.45) is 0 Å². The van der Waals surface area contributed by atoms with Crippen molar-refractivity contribution in [3.8, 4) is 11.3 Å². The maximum absolute atomic E-state index is 6.46. The summed E-state index contributed by atoms with van der Waals surface area (Å²) in [5.74, 6) is 0.662. The first kappa shape index (κ1) is 19.2. The molecule has 0 radical (unpaired) electrons. The molecule has 2 aromatic heterocycles. The van der Waals surface area contributed by atoms with E-state index < -0.39 is 0 Å². The maximum atomic E-state index is 6.46. The lowest BCUT2D eigenvalue weighted by atomic mass is 9.90. The van der Waals surface area contributed by atoms with Gasteiger partial charge in [-0.2, -0.15) is 0 Å². The Bertz CT molecular complexity index is 934. The molecule has 0 aliphatic heterocycles. The Kier molecular flexibility index (Phi) is 5.83. The number of fused-ring (bicyclic) bond motifs is 1. The molecule has 0 spiro atoms. The average Bonchev–Trinajstić information content (AvgIpc) is 3.15. The third kappa shape index (κ3) is 3.87. The SMILES string of the molecule is CCN(CC)[C@H]1CCC[C@@H](Nc2ncc(Cl)c(-c3c[nH]c4ccccc34)n2)C1. The summed E-state index contributed by atoms with van der Waals surface area (Å²) in [6.45, 7) is 6.71. The van der Waals surface area contributed by atoms with Crippen molar-refractivity contribution >= 4 is 28.5 Å². The van der Waals surface area contributed by atoms with Crippen LogP contribution in [0.15, 0.2) is 36.7 Å². The summed E-state index contributed by atoms with van der Waals surface area (Å²) in [6, 6.07) is 9.24. The third-order valence-corrected chi connectivity index (χ3v) is 6.17. The zero-order valence-corrected chi connectivity index (χ0v) is 17.3. The molecule has 4 rings (SSSR count). The van der Waals surface area contributed by atoms with Crippen LogP contribution in [-0.4, -0.2) is 45.0 Å². The molecule has 5 nitrogen and oxygen atoms in total. The topological polar surface area (TPSA) is 56.8 Å². The zero-order chi connectivity index (χ0) is 19.5. The quantitative estimate of drug-likeness (QED) is 0.589. The lowest BCUT2D eigenvalue weighted by Crippen LogP contribution is -2.42. The Morgan fingerprint density at radius 2 is 2.04 bits per heavy atom. The molecule has 0 amide bonds. The fourth-order valence-electron chi connectivity index (χ4n) is 4.44. The molecular formula is C22H28ClN5. The molecule has 0 unspecified atom stereocenters. The van der Waals surface area contributed by atoms with Crippen LogP contribution >= 0.6 is 11.6 Å². The lowest BCUT2D eigenvalue weighted by Gasteiger charge is -2.36. The van der Waals surface area contributed by atoms with Crippen molar-refractivity contribution in [3.05, 3.63) is 41.7 Å². The van der Waals surface area contributed by atoms with E-state index in [9.17, 15) is 0 Å². The number of benzene rings is 1. The molecule has 2 heterocycles. The predicted molar refractivity (Wildman–Crippen MR) is 117 cm³/mol. The fraction of sp³-hybridized carbons (Fsp3) is 0.455. The number of H-pyrrole nitrogens is 1. The minimum Gasteiger partial charge on any atom is -0.360 e. The minimum absolute atomic E-state index is 0.399. The van der Waals surface area contributed by atoms with Crippen molar-refractivity contribution in [3.63, 3.8) is 0 Å². The summed E-state index contributed by atoms with van der Waals surface area (Å²) < 4.78 is 0. The van der Waals surface area contributed by atoms with E-state index in [4.69, 9.17) is 16.6 Å². The molecular weight excluding hydrogens is 370 g/mol. The molecule has 2 atom stereocenters. The number of aromatic nitrogens is 3. The molecule has 28 heavy (non-hydrogen) atoms. The molecule has 148 valence electrons. The van der Waals surface area contributed by atoms with Gasteiger partial charge in [-0.1, -0.05) is 43.6 Å². The van der Waals surface area contributed by atoms with E-state index in [0.717, 1.165) is 48.1 Å². The van der Waals surface area contributed by atoms with Gasteiger partial charge in [0.2, 0.25) is 5.95 Å². The number of anilines is 1. The summed E-state index contributed by atoms with van der Waals surface area (Å²) in [5.41, 5.74) is 2.86. The van der Waals surface area contributed by atoms with E-state index in [1.807, 2.05) is 18.3 Å². The first-order valence-electron chi connectivity index (χ1n) is 10.3. The van der Waals surface area contributed by atoms with Crippen LogP contribution in [0.3, 0.4) is 0 Å². The van der Waals surface area contributed by atoms with Crippen molar-refractivity contribution < 1.29 is 0 Å². The number of halogens is 1. The van der Waals surface area contributed by atoms with Crippen LogP contribution in [0.25, 0.3) is 22.2 Å². The highest BCUT2D eigenvalue weighted by Gasteiger charge is 2.26. The van der Waals surface area contributed by atoms with Gasteiger partial charge in [-0.15, -0.1) is 0 Å². The Hall–Kier alpha value is -2.11. The van der Waals surface area contributed by atoms with Crippen molar-refractivity contribution in [2.75, 3.05) is 18.4 Å². The molecule has 1 aliphatic carbocycles. The van der Waals surface area contributed by atoms with Gasteiger partial charge >= 0.3 is 0 Å². The fourth-order valence-corrected chi connectivity index (χ4v) is 4.64. The first-order chi connectivity index (χ1) is 13.7. The summed E-state index contributed by atoms with van der Waals surface area (Å²) in [4.78, 5) is 15.1. The van der Waals surface area contributed by atoms with Crippen LogP contribution in [-0.2, 0) is 0 Å². The molecule has 1 saturated carbocycles. The van der Waals surface area contributed by atoms with Gasteiger partial charge in [0.1, 0.15) is 0 Å². The van der Waals surface area contributed by atoms with Gasteiger partial charge in [-0.25, -0.2) is 9.97 Å². The van der Waals surface area contributed by atoms with Gasteiger partial charge in [0.15, 0.2) is 0 Å². The largest absolute Gasteiger partial charge is 0.360 e. The van der Waals surface area contributed by atoms with E-state index in [-0.39, 0.29) is 0 Å². The number of rotatable bonds is 6. The highest BCUT2D eigenvalue weighted by atomic mass is 35.5. The Morgan fingerprint density at radius 3 is 2.86 bits per heavy atom. The summed E-state index contributed by atoms with van der Waals surface area (Å²) in [7, 11) is 0. The van der Waals surface area contributed by atoms with Crippen LogP contribution in [0.1, 0.15) is 39.5 Å². The highest BCUT2D eigenvalue weighted by Crippen LogP contribution is 2.33. The summed E-state index contributed by atoms with van der Waals surface area (Å²) >= 11 is 6.46. The minimum atomic E-state index is 0.399. The second-order valence-corrected chi connectivity index (χ2v) is 7.93. The standard InChI is InChI=1S/C22H28ClN5/c1-3-28(4-2)16-9-7-8-15(12-16)26-22-25-14-19(23)21(27-22)18-13-24-20-11-6-5-10-17(18)20/h5-6,10-11,13-16,24H,3-4,7-9,12H2,1-2H3,(H,25,26,27)/t15-,16+/m1/s1. The monoisotopic (exact) mass is 397 g/mol. The highest BCUT2D eigenvalue weighted by molar-refractivity contribution is 6.33. The van der Waals surface area contributed by atoms with E-state index >= 15 is 0 Å². The Balaban J connectivity index is 1.56. The molecule has 0 saturated heterocycles. The van der Waals surface area contributed by atoms with Crippen molar-refractivity contribution in [2.45, 2.75) is 51.6 Å².